The number of piperidine rings is 1. The molecule has 0 aromatic carbocycles. The second-order valence-electron chi connectivity index (χ2n) is 7.34. The Morgan fingerprint density at radius 3 is 2.88 bits per heavy atom. The van der Waals surface area contributed by atoms with E-state index in [1.54, 1.807) is 4.90 Å². The van der Waals surface area contributed by atoms with Gasteiger partial charge in [-0.25, -0.2) is 4.79 Å². The fourth-order valence-corrected chi connectivity index (χ4v) is 3.51. The first-order valence-electron chi connectivity index (χ1n) is 9.24. The van der Waals surface area contributed by atoms with Crippen LogP contribution in [0.5, 0.6) is 0 Å². The molecule has 2 aliphatic rings. The highest BCUT2D eigenvalue weighted by atomic mass is 16.2. The minimum atomic E-state index is -0.146. The summed E-state index contributed by atoms with van der Waals surface area (Å²) in [7, 11) is 0. The molecule has 3 amide bonds. The summed E-state index contributed by atoms with van der Waals surface area (Å²) in [5, 5.41) is 16.5. The molecule has 0 saturated carbocycles. The van der Waals surface area contributed by atoms with Gasteiger partial charge in [-0.2, -0.15) is 10.4 Å². The van der Waals surface area contributed by atoms with Crippen molar-refractivity contribution in [3.05, 3.63) is 17.5 Å². The molecule has 1 N–H and O–H groups in total. The summed E-state index contributed by atoms with van der Waals surface area (Å²) in [5.74, 6) is 0.0772. The molecule has 1 fully saturated rings. The van der Waals surface area contributed by atoms with Crippen LogP contribution in [0.3, 0.4) is 0 Å². The highest BCUT2D eigenvalue weighted by molar-refractivity contribution is 5.78. The number of nitrogens with one attached hydrogen (secondary N) is 1. The maximum Gasteiger partial charge on any atom is 0.317 e. The minimum absolute atomic E-state index is 0.00925. The van der Waals surface area contributed by atoms with E-state index in [9.17, 15) is 9.59 Å². The first kappa shape index (κ1) is 18.2. The van der Waals surface area contributed by atoms with Gasteiger partial charge in [-0.05, 0) is 18.9 Å². The molecule has 1 atom stereocenters. The van der Waals surface area contributed by atoms with Crippen molar-refractivity contribution in [3.8, 4) is 6.07 Å². The predicted molar refractivity (Wildman–Crippen MR) is 94.6 cm³/mol. The Kier molecular flexibility index (Phi) is 5.45. The molecule has 3 heterocycles. The second-order valence-corrected chi connectivity index (χ2v) is 7.34. The molecular weight excluding hydrogens is 332 g/mol. The van der Waals surface area contributed by atoms with Gasteiger partial charge in [0.25, 0.3) is 0 Å². The fourth-order valence-electron chi connectivity index (χ4n) is 3.51. The van der Waals surface area contributed by atoms with E-state index in [1.807, 2.05) is 29.5 Å². The van der Waals surface area contributed by atoms with E-state index in [1.165, 1.54) is 0 Å². The minimum Gasteiger partial charge on any atom is -0.335 e. The first-order valence-corrected chi connectivity index (χ1v) is 9.24. The van der Waals surface area contributed by atoms with E-state index >= 15 is 0 Å². The standard InChI is InChI=1S/C18H26N6O2/c1-13(2)17(25)22-6-7-24-16(12-22)8-15(21-24)10-20-18(26)23-5-3-4-14(9-19)11-23/h8,13-14H,3-7,10-12H2,1-2H3,(H,20,26)/t14-/m1/s1. The molecule has 3 rings (SSSR count). The third kappa shape index (κ3) is 3.98. The van der Waals surface area contributed by atoms with Crippen molar-refractivity contribution in [1.29, 1.82) is 5.26 Å². The van der Waals surface area contributed by atoms with Crippen LogP contribution in [-0.2, 0) is 24.4 Å². The molecule has 1 aromatic heterocycles. The van der Waals surface area contributed by atoms with Gasteiger partial charge in [0.05, 0.1) is 43.0 Å². The van der Waals surface area contributed by atoms with Crippen LogP contribution in [-0.4, -0.2) is 51.2 Å². The molecule has 1 saturated heterocycles. The Hall–Kier alpha value is -2.56. The molecule has 140 valence electrons. The summed E-state index contributed by atoms with van der Waals surface area (Å²) in [6.07, 6.45) is 1.73. The number of fused-ring (bicyclic) bond motifs is 1. The summed E-state index contributed by atoms with van der Waals surface area (Å²) in [6, 6.07) is 4.05. The number of hydrogen-bond acceptors (Lipinski definition) is 4. The molecule has 0 aliphatic carbocycles. The SMILES string of the molecule is CC(C)C(=O)N1CCn2nc(CNC(=O)N3CCC[C@H](C#N)C3)cc2C1. The quantitative estimate of drug-likeness (QED) is 0.882. The summed E-state index contributed by atoms with van der Waals surface area (Å²) in [5.41, 5.74) is 1.79. The smallest absolute Gasteiger partial charge is 0.317 e. The molecule has 0 spiro atoms. The summed E-state index contributed by atoms with van der Waals surface area (Å²) in [6.45, 7) is 7.26. The van der Waals surface area contributed by atoms with E-state index in [2.05, 4.69) is 16.5 Å². The Morgan fingerprint density at radius 1 is 1.35 bits per heavy atom. The average Bonchev–Trinajstić information content (AvgIpc) is 3.07. The lowest BCUT2D eigenvalue weighted by atomic mass is 10.0. The van der Waals surface area contributed by atoms with Crippen LogP contribution in [0, 0.1) is 23.2 Å². The maximum atomic E-state index is 12.3. The van der Waals surface area contributed by atoms with E-state index in [0.29, 0.717) is 39.3 Å². The van der Waals surface area contributed by atoms with Gasteiger partial charge in [-0.3, -0.25) is 9.48 Å². The van der Waals surface area contributed by atoms with Gasteiger partial charge in [0.1, 0.15) is 0 Å². The lowest BCUT2D eigenvalue weighted by molar-refractivity contribution is -0.136. The number of carbonyl (C=O) groups is 2. The van der Waals surface area contributed by atoms with Crippen LogP contribution in [0.2, 0.25) is 0 Å². The zero-order valence-corrected chi connectivity index (χ0v) is 15.4. The van der Waals surface area contributed by atoms with E-state index in [4.69, 9.17) is 5.26 Å². The molecule has 2 aliphatic heterocycles. The zero-order chi connectivity index (χ0) is 18.7. The van der Waals surface area contributed by atoms with Crippen molar-refractivity contribution < 1.29 is 9.59 Å². The predicted octanol–water partition coefficient (Wildman–Crippen LogP) is 1.33. The van der Waals surface area contributed by atoms with Crippen LogP contribution in [0.1, 0.15) is 38.1 Å². The maximum absolute atomic E-state index is 12.3. The van der Waals surface area contributed by atoms with Gasteiger partial charge in [0.2, 0.25) is 5.91 Å². The molecule has 1 aromatic rings. The Morgan fingerprint density at radius 2 is 2.15 bits per heavy atom. The van der Waals surface area contributed by atoms with Gasteiger partial charge in [0.15, 0.2) is 0 Å². The largest absolute Gasteiger partial charge is 0.335 e. The Labute approximate surface area is 153 Å². The normalized spacial score (nSPS) is 19.8. The summed E-state index contributed by atoms with van der Waals surface area (Å²) in [4.78, 5) is 28.0. The number of amides is 3. The van der Waals surface area contributed by atoms with Crippen molar-refractivity contribution in [3.63, 3.8) is 0 Å². The van der Waals surface area contributed by atoms with Gasteiger partial charge in [-0.15, -0.1) is 0 Å². The van der Waals surface area contributed by atoms with Crippen LogP contribution in [0.15, 0.2) is 6.07 Å². The van der Waals surface area contributed by atoms with E-state index < -0.39 is 0 Å². The van der Waals surface area contributed by atoms with Crippen LogP contribution < -0.4 is 5.32 Å². The monoisotopic (exact) mass is 358 g/mol. The molecule has 0 radical (unpaired) electrons. The molecule has 8 heteroatoms. The molecule has 8 nitrogen and oxygen atoms in total. The molecule has 26 heavy (non-hydrogen) atoms. The van der Waals surface area contributed by atoms with Crippen LogP contribution in [0.25, 0.3) is 0 Å². The number of urea groups is 1. The summed E-state index contributed by atoms with van der Waals surface area (Å²) >= 11 is 0. The van der Waals surface area contributed by atoms with Gasteiger partial charge in [-0.1, -0.05) is 13.8 Å². The van der Waals surface area contributed by atoms with Crippen molar-refractivity contribution in [2.75, 3.05) is 19.6 Å². The van der Waals surface area contributed by atoms with Gasteiger partial charge >= 0.3 is 6.03 Å². The average molecular weight is 358 g/mol. The van der Waals surface area contributed by atoms with E-state index in [0.717, 1.165) is 24.2 Å². The molecule has 0 bridgehead atoms. The van der Waals surface area contributed by atoms with Gasteiger partial charge < -0.3 is 15.1 Å². The Balaban J connectivity index is 1.55. The second kappa shape index (κ2) is 7.77. The van der Waals surface area contributed by atoms with Crippen LogP contribution in [0.4, 0.5) is 4.79 Å². The lowest BCUT2D eigenvalue weighted by Crippen LogP contribution is -2.45. The number of likely N-dealkylation sites (tertiary alicyclic amines) is 1. The van der Waals surface area contributed by atoms with Gasteiger partial charge in [0, 0.05) is 25.6 Å². The lowest BCUT2D eigenvalue weighted by Gasteiger charge is -2.29. The highest BCUT2D eigenvalue weighted by Gasteiger charge is 2.25. The topological polar surface area (TPSA) is 94.3 Å². The van der Waals surface area contributed by atoms with Crippen molar-refractivity contribution in [2.45, 2.75) is 46.3 Å². The van der Waals surface area contributed by atoms with Crippen molar-refractivity contribution >= 4 is 11.9 Å². The van der Waals surface area contributed by atoms with Crippen molar-refractivity contribution in [2.24, 2.45) is 11.8 Å². The van der Waals surface area contributed by atoms with E-state index in [-0.39, 0.29) is 23.8 Å². The summed E-state index contributed by atoms with van der Waals surface area (Å²) < 4.78 is 1.91. The number of rotatable bonds is 3. The number of nitriles is 1. The number of aromatic nitrogens is 2. The number of hydrogen-bond donors (Lipinski definition) is 1. The molecular formula is C18H26N6O2. The third-order valence-electron chi connectivity index (χ3n) is 4.97. The Bertz CT molecular complexity index is 720. The third-order valence-corrected chi connectivity index (χ3v) is 4.97. The zero-order valence-electron chi connectivity index (χ0n) is 15.4. The van der Waals surface area contributed by atoms with Crippen molar-refractivity contribution in [1.82, 2.24) is 24.9 Å². The number of nitrogens with zero attached hydrogens (tertiary/aromatic N) is 5. The molecule has 0 unspecified atom stereocenters. The van der Waals surface area contributed by atoms with Crippen LogP contribution >= 0.6 is 0 Å². The number of carbonyl (C=O) groups excluding carboxylic acids is 2. The first-order chi connectivity index (χ1) is 12.5. The fraction of sp³-hybridized carbons (Fsp3) is 0.667. The highest BCUT2D eigenvalue weighted by Crippen LogP contribution is 2.17.